The van der Waals surface area contributed by atoms with Gasteiger partial charge in [-0.1, -0.05) is 48.8 Å². The SMILES string of the molecule is COc1ccc(-c2c(C(=O)C(C)(C)C)oc3ccc(Br)cc23)cc1. The van der Waals surface area contributed by atoms with Crippen LogP contribution in [-0.2, 0) is 0 Å². The Labute approximate surface area is 149 Å². The van der Waals surface area contributed by atoms with Gasteiger partial charge in [0.05, 0.1) is 7.11 Å². The van der Waals surface area contributed by atoms with Crippen LogP contribution in [0.4, 0.5) is 0 Å². The van der Waals surface area contributed by atoms with Crippen LogP contribution in [0.3, 0.4) is 0 Å². The zero-order chi connectivity index (χ0) is 17.5. The third kappa shape index (κ3) is 2.98. The van der Waals surface area contributed by atoms with Crippen LogP contribution in [0.5, 0.6) is 5.75 Å². The first-order valence-electron chi connectivity index (χ1n) is 7.72. The summed E-state index contributed by atoms with van der Waals surface area (Å²) in [7, 11) is 1.63. The van der Waals surface area contributed by atoms with Crippen LogP contribution in [0, 0.1) is 5.41 Å². The summed E-state index contributed by atoms with van der Waals surface area (Å²) in [5, 5.41) is 0.919. The number of hydrogen-bond acceptors (Lipinski definition) is 3. The maximum Gasteiger partial charge on any atom is 0.203 e. The molecule has 0 spiro atoms. The number of benzene rings is 2. The normalized spacial score (nSPS) is 11.7. The van der Waals surface area contributed by atoms with Crippen molar-refractivity contribution >= 4 is 32.7 Å². The largest absolute Gasteiger partial charge is 0.497 e. The summed E-state index contributed by atoms with van der Waals surface area (Å²) in [5.74, 6) is 1.16. The number of halogens is 1. The molecule has 0 saturated carbocycles. The van der Waals surface area contributed by atoms with Gasteiger partial charge in [0.25, 0.3) is 0 Å². The van der Waals surface area contributed by atoms with Crippen molar-refractivity contribution in [3.8, 4) is 16.9 Å². The highest BCUT2D eigenvalue weighted by molar-refractivity contribution is 9.10. The van der Waals surface area contributed by atoms with Gasteiger partial charge in [-0.2, -0.15) is 0 Å². The van der Waals surface area contributed by atoms with Crippen LogP contribution < -0.4 is 4.74 Å². The van der Waals surface area contributed by atoms with Gasteiger partial charge in [0, 0.05) is 20.8 Å². The zero-order valence-corrected chi connectivity index (χ0v) is 15.7. The predicted molar refractivity (Wildman–Crippen MR) is 99.7 cm³/mol. The highest BCUT2D eigenvalue weighted by atomic mass is 79.9. The maximum absolute atomic E-state index is 12.9. The number of Topliss-reactive ketones (excluding diaryl/α,β-unsaturated/α-hetero) is 1. The van der Waals surface area contributed by atoms with Crippen molar-refractivity contribution in [3.63, 3.8) is 0 Å². The molecule has 0 aliphatic rings. The summed E-state index contributed by atoms with van der Waals surface area (Å²) < 4.78 is 12.1. The first kappa shape index (κ1) is 16.8. The lowest BCUT2D eigenvalue weighted by Crippen LogP contribution is -2.20. The number of carbonyl (C=O) groups is 1. The quantitative estimate of drug-likeness (QED) is 0.510. The van der Waals surface area contributed by atoms with Crippen LogP contribution in [0.1, 0.15) is 31.3 Å². The Morgan fingerprint density at radius 3 is 2.33 bits per heavy atom. The van der Waals surface area contributed by atoms with E-state index >= 15 is 0 Å². The van der Waals surface area contributed by atoms with E-state index in [1.807, 2.05) is 63.2 Å². The van der Waals surface area contributed by atoms with Crippen molar-refractivity contribution in [2.45, 2.75) is 20.8 Å². The topological polar surface area (TPSA) is 39.4 Å². The average molecular weight is 387 g/mol. The van der Waals surface area contributed by atoms with E-state index < -0.39 is 5.41 Å². The van der Waals surface area contributed by atoms with Gasteiger partial charge >= 0.3 is 0 Å². The fourth-order valence-electron chi connectivity index (χ4n) is 2.61. The molecule has 3 aromatic rings. The summed E-state index contributed by atoms with van der Waals surface area (Å²) in [4.78, 5) is 12.9. The van der Waals surface area contributed by atoms with Crippen LogP contribution in [0.25, 0.3) is 22.1 Å². The number of methoxy groups -OCH3 is 1. The van der Waals surface area contributed by atoms with Crippen LogP contribution in [-0.4, -0.2) is 12.9 Å². The lowest BCUT2D eigenvalue weighted by atomic mass is 9.86. The van der Waals surface area contributed by atoms with Crippen molar-refractivity contribution in [1.82, 2.24) is 0 Å². The van der Waals surface area contributed by atoms with Crippen molar-refractivity contribution in [3.05, 3.63) is 52.7 Å². The summed E-state index contributed by atoms with van der Waals surface area (Å²) >= 11 is 3.50. The van der Waals surface area contributed by atoms with Gasteiger partial charge in [-0.15, -0.1) is 0 Å². The standard InChI is InChI=1S/C20H19BrO3/c1-20(2,3)19(22)18-17(12-5-8-14(23-4)9-6-12)15-11-13(21)7-10-16(15)24-18/h5-11H,1-4H3. The van der Waals surface area contributed by atoms with E-state index in [0.29, 0.717) is 11.3 Å². The average Bonchev–Trinajstić information content (AvgIpc) is 2.91. The molecule has 3 nitrogen and oxygen atoms in total. The third-order valence-corrected chi connectivity index (χ3v) is 4.41. The molecule has 0 saturated heterocycles. The number of ketones is 1. The number of fused-ring (bicyclic) bond motifs is 1. The molecule has 2 aromatic carbocycles. The lowest BCUT2D eigenvalue weighted by Gasteiger charge is -2.15. The van der Waals surface area contributed by atoms with E-state index in [1.165, 1.54) is 0 Å². The molecule has 0 unspecified atom stereocenters. The first-order chi connectivity index (χ1) is 11.3. The number of rotatable bonds is 3. The van der Waals surface area contributed by atoms with E-state index in [4.69, 9.17) is 9.15 Å². The molecule has 0 atom stereocenters. The molecule has 0 N–H and O–H groups in total. The van der Waals surface area contributed by atoms with Gasteiger partial charge in [0.15, 0.2) is 5.76 Å². The highest BCUT2D eigenvalue weighted by Gasteiger charge is 2.30. The maximum atomic E-state index is 12.9. The minimum atomic E-state index is -0.521. The van der Waals surface area contributed by atoms with Crippen molar-refractivity contribution in [1.29, 1.82) is 0 Å². The number of furan rings is 1. The second kappa shape index (κ2) is 6.10. The molecule has 3 rings (SSSR count). The highest BCUT2D eigenvalue weighted by Crippen LogP contribution is 2.39. The summed E-state index contributed by atoms with van der Waals surface area (Å²) in [5.41, 5.74) is 1.94. The number of carbonyl (C=O) groups excluding carboxylic acids is 1. The summed E-state index contributed by atoms with van der Waals surface area (Å²) in [6.07, 6.45) is 0. The van der Waals surface area contributed by atoms with Gasteiger partial charge in [-0.25, -0.2) is 0 Å². The molecule has 1 heterocycles. The summed E-state index contributed by atoms with van der Waals surface area (Å²) in [6, 6.07) is 13.4. The Balaban J connectivity index is 2.29. The number of hydrogen-bond donors (Lipinski definition) is 0. The monoisotopic (exact) mass is 386 g/mol. The molecule has 4 heteroatoms. The molecule has 0 fully saturated rings. The Bertz CT molecular complexity index is 899. The van der Waals surface area contributed by atoms with Crippen LogP contribution in [0.15, 0.2) is 51.4 Å². The summed E-state index contributed by atoms with van der Waals surface area (Å²) in [6.45, 7) is 5.70. The lowest BCUT2D eigenvalue weighted by molar-refractivity contribution is 0.0832. The van der Waals surface area contributed by atoms with E-state index in [-0.39, 0.29) is 5.78 Å². The van der Waals surface area contributed by atoms with E-state index in [0.717, 1.165) is 26.7 Å². The molecule has 24 heavy (non-hydrogen) atoms. The molecular weight excluding hydrogens is 368 g/mol. The molecule has 0 aliphatic carbocycles. The fourth-order valence-corrected chi connectivity index (χ4v) is 2.98. The molecule has 124 valence electrons. The Hall–Kier alpha value is -2.07. The van der Waals surface area contributed by atoms with Gasteiger partial charge in [-0.3, -0.25) is 4.79 Å². The van der Waals surface area contributed by atoms with E-state index in [9.17, 15) is 4.79 Å². The number of ether oxygens (including phenoxy) is 1. The zero-order valence-electron chi connectivity index (χ0n) is 14.1. The van der Waals surface area contributed by atoms with Gasteiger partial charge < -0.3 is 9.15 Å². The Morgan fingerprint density at radius 2 is 1.75 bits per heavy atom. The molecule has 0 bridgehead atoms. The minimum absolute atomic E-state index is 0.0133. The van der Waals surface area contributed by atoms with Crippen molar-refractivity contribution < 1.29 is 13.9 Å². The van der Waals surface area contributed by atoms with Gasteiger partial charge in [-0.05, 0) is 35.9 Å². The van der Waals surface area contributed by atoms with E-state index in [2.05, 4.69) is 15.9 Å². The van der Waals surface area contributed by atoms with Crippen LogP contribution in [0.2, 0.25) is 0 Å². The Kier molecular flexibility index (Phi) is 4.26. The van der Waals surface area contributed by atoms with Crippen molar-refractivity contribution in [2.75, 3.05) is 7.11 Å². The van der Waals surface area contributed by atoms with Crippen molar-refractivity contribution in [2.24, 2.45) is 5.41 Å². The Morgan fingerprint density at radius 1 is 1.08 bits per heavy atom. The van der Waals surface area contributed by atoms with Crippen LogP contribution >= 0.6 is 15.9 Å². The second-order valence-electron chi connectivity index (χ2n) is 6.75. The third-order valence-electron chi connectivity index (χ3n) is 3.92. The molecule has 0 aliphatic heterocycles. The molecular formula is C20H19BrO3. The molecule has 0 amide bonds. The minimum Gasteiger partial charge on any atom is -0.497 e. The predicted octanol–water partition coefficient (Wildman–Crippen LogP) is 6.10. The van der Waals surface area contributed by atoms with Gasteiger partial charge in [0.2, 0.25) is 5.78 Å². The second-order valence-corrected chi connectivity index (χ2v) is 7.67. The smallest absolute Gasteiger partial charge is 0.203 e. The first-order valence-corrected chi connectivity index (χ1v) is 8.52. The molecule has 1 aromatic heterocycles. The molecule has 0 radical (unpaired) electrons. The fraction of sp³-hybridized carbons (Fsp3) is 0.250. The van der Waals surface area contributed by atoms with E-state index in [1.54, 1.807) is 7.11 Å². The van der Waals surface area contributed by atoms with Gasteiger partial charge in [0.1, 0.15) is 11.3 Å².